The number of primary amides is 1. The number of amides is 9. The van der Waals surface area contributed by atoms with Gasteiger partial charge in [-0.25, -0.2) is 12.8 Å². The van der Waals surface area contributed by atoms with Gasteiger partial charge in [-0.2, -0.15) is 4.72 Å². The molecule has 6 unspecified atom stereocenters. The maximum atomic E-state index is 14.7. The summed E-state index contributed by atoms with van der Waals surface area (Å²) in [6, 6.07) is 15.2. The third-order valence-corrected chi connectivity index (χ3v) is 17.5. The van der Waals surface area contributed by atoms with Crippen molar-refractivity contribution in [3.63, 3.8) is 0 Å². The van der Waals surface area contributed by atoms with Crippen LogP contribution < -0.4 is 53.0 Å². The second kappa shape index (κ2) is 37.6. The van der Waals surface area contributed by atoms with Crippen LogP contribution in [0.1, 0.15) is 151 Å². The summed E-state index contributed by atoms with van der Waals surface area (Å²) < 4.78 is 43.6. The minimum absolute atomic E-state index is 0.00889. The van der Waals surface area contributed by atoms with Crippen LogP contribution in [0.2, 0.25) is 0 Å². The first kappa shape index (κ1) is 79.6. The second-order valence-electron chi connectivity index (χ2n) is 26.0. The molecule has 0 aliphatic carbocycles. The fourth-order valence-corrected chi connectivity index (χ4v) is 11.6. The van der Waals surface area contributed by atoms with Gasteiger partial charge in [0.25, 0.3) is 5.91 Å². The number of rotatable bonds is 40. The van der Waals surface area contributed by atoms with E-state index in [9.17, 15) is 85.7 Å². The first-order chi connectivity index (χ1) is 46.6. The first-order valence-electron chi connectivity index (χ1n) is 32.4. The molecule has 0 aliphatic rings. The Hall–Kier alpha value is -10.1. The number of fused-ring (bicyclic) bond motifs is 1. The number of nitrogens with one attached hydrogen (secondary N) is 10. The van der Waals surface area contributed by atoms with Crippen molar-refractivity contribution in [3.8, 4) is 0 Å². The summed E-state index contributed by atoms with van der Waals surface area (Å²) in [5.41, 5.74) is 8.82. The molecule has 4 aromatic carbocycles. The molecule has 0 spiro atoms. The molecule has 15 N–H and O–H groups in total. The van der Waals surface area contributed by atoms with Crippen LogP contribution in [0.15, 0.2) is 108 Å². The van der Waals surface area contributed by atoms with Crippen molar-refractivity contribution in [2.24, 2.45) is 5.73 Å². The summed E-state index contributed by atoms with van der Waals surface area (Å²) in [6.07, 6.45) is -0.375. The van der Waals surface area contributed by atoms with Gasteiger partial charge >= 0.3 is 17.9 Å². The van der Waals surface area contributed by atoms with Gasteiger partial charge in [0, 0.05) is 67.9 Å². The highest BCUT2D eigenvalue weighted by molar-refractivity contribution is 7.89. The highest BCUT2D eigenvalue weighted by atomic mass is 32.2. The van der Waals surface area contributed by atoms with Gasteiger partial charge in [-0.3, -0.25) is 57.5 Å². The zero-order valence-corrected chi connectivity index (χ0v) is 57.0. The number of unbranched alkanes of at least 4 members (excludes halogenated alkanes) is 3. The Morgan fingerprint density at radius 3 is 1.63 bits per heavy atom. The normalized spacial score (nSPS) is 13.4. The Morgan fingerprint density at radius 1 is 0.515 bits per heavy atom. The van der Waals surface area contributed by atoms with Gasteiger partial charge in [0.2, 0.25) is 57.3 Å². The van der Waals surface area contributed by atoms with Crippen LogP contribution in [-0.4, -0.2) is 156 Å². The van der Waals surface area contributed by atoms with Gasteiger partial charge in [-0.1, -0.05) is 103 Å². The number of benzene rings is 4. The number of nitrogens with two attached hydrogens (primary N) is 1. The van der Waals surface area contributed by atoms with Gasteiger partial charge in [0.15, 0.2) is 0 Å². The maximum absolute atomic E-state index is 14.7. The predicted octanol–water partition coefficient (Wildman–Crippen LogP) is 3.54. The van der Waals surface area contributed by atoms with Crippen molar-refractivity contribution >= 4 is 92.0 Å². The fourth-order valence-electron chi connectivity index (χ4n) is 10.4. The third-order valence-electron chi connectivity index (χ3n) is 16.0. The number of halogens is 1. The standard InChI is InChI=1S/C69H90FN11O17S/c1-68(2,3)44-23-21-42(22-24-44)62(91)72-34-13-11-19-50(61(71)90)76-56(82)20-8-7-12-33-73-63(92)51(29-31-58(84)85)78-66(95)54(37-43-39-74-49-18-10-9-17-48(43)49)80-65(94)53(36-41-15-14-16-46(70)35-41)77-57(83)40-75-64(93)52(30-32-59(86)87)79-67(96)55(38-60(88)89)81-99(97,98)47-27-25-45(26-28-47)69(4,5)6/h9-10,14-18,21-28,35,39,50-55,74,81H,7-8,11-13,19-20,29-34,36-38,40H2,1-6H3,(H2,71,90)(H,72,91)(H,73,92)(H,75,93)(H,76,82)(H,77,83)(H,78,95)(H,79,96)(H,80,94)(H,84,85)(H,86,87)(H,88,89). The SMILES string of the molecule is CC(C)(C)c1ccc(C(=O)NCCCCC(NC(=O)CCCCCNC(=O)C(CCC(=O)O)NC(=O)C(Cc2c[nH]c3ccccc23)NC(=O)C(Cc2cccc(F)c2)NC(=O)CNC(=O)C(CCC(=O)O)NC(=O)C(CC(=O)O)NS(=O)(=O)c2ccc(C(C)(C)C)cc2)C(N)=O)cc1. The van der Waals surface area contributed by atoms with Crippen LogP contribution in [0.4, 0.5) is 4.39 Å². The van der Waals surface area contributed by atoms with Crippen LogP contribution in [-0.2, 0) is 86.4 Å². The van der Waals surface area contributed by atoms with Crippen LogP contribution in [0.3, 0.4) is 0 Å². The van der Waals surface area contributed by atoms with E-state index in [1.54, 1.807) is 42.6 Å². The molecule has 99 heavy (non-hydrogen) atoms. The molecule has 6 atom stereocenters. The van der Waals surface area contributed by atoms with E-state index in [0.29, 0.717) is 60.7 Å². The third kappa shape index (κ3) is 27.0. The van der Waals surface area contributed by atoms with Crippen molar-refractivity contribution in [2.75, 3.05) is 19.6 Å². The lowest BCUT2D eigenvalue weighted by atomic mass is 9.87. The van der Waals surface area contributed by atoms with Crippen molar-refractivity contribution in [3.05, 3.63) is 137 Å². The maximum Gasteiger partial charge on any atom is 0.305 e. The van der Waals surface area contributed by atoms with Crippen LogP contribution in [0.25, 0.3) is 10.9 Å². The average Bonchev–Trinajstić information content (AvgIpc) is 1.79. The molecule has 536 valence electrons. The summed E-state index contributed by atoms with van der Waals surface area (Å²) in [4.78, 5) is 160. The van der Waals surface area contributed by atoms with Crippen LogP contribution >= 0.6 is 0 Å². The molecule has 0 saturated heterocycles. The minimum Gasteiger partial charge on any atom is -0.481 e. The Bertz CT molecular complexity index is 3800. The average molecular weight is 1400 g/mol. The number of aromatic nitrogens is 1. The molecule has 9 amide bonds. The number of H-pyrrole nitrogens is 1. The summed E-state index contributed by atoms with van der Waals surface area (Å²) >= 11 is 0. The van der Waals surface area contributed by atoms with Gasteiger partial charge < -0.3 is 68.6 Å². The van der Waals surface area contributed by atoms with E-state index >= 15 is 0 Å². The van der Waals surface area contributed by atoms with Crippen LogP contribution in [0, 0.1) is 5.82 Å². The number of aliphatic carboxylic acids is 3. The molecule has 0 radical (unpaired) electrons. The minimum atomic E-state index is -4.59. The first-order valence-corrected chi connectivity index (χ1v) is 33.9. The van der Waals surface area contributed by atoms with E-state index in [0.717, 1.165) is 23.3 Å². The van der Waals surface area contributed by atoms with E-state index in [2.05, 4.69) is 68.3 Å². The quantitative estimate of drug-likeness (QED) is 0.0249. The smallest absolute Gasteiger partial charge is 0.305 e. The molecule has 0 saturated carbocycles. The largest absolute Gasteiger partial charge is 0.481 e. The Balaban J connectivity index is 1.23. The van der Waals surface area contributed by atoms with E-state index < -0.39 is 162 Å². The van der Waals surface area contributed by atoms with Gasteiger partial charge in [-0.05, 0) is 120 Å². The highest BCUT2D eigenvalue weighted by Gasteiger charge is 2.34. The molecular formula is C69H90FN11O17S. The number of sulfonamides is 1. The van der Waals surface area contributed by atoms with E-state index in [1.807, 2.05) is 37.6 Å². The molecule has 5 rings (SSSR count). The predicted molar refractivity (Wildman–Crippen MR) is 362 cm³/mol. The zero-order valence-electron chi connectivity index (χ0n) is 56.2. The van der Waals surface area contributed by atoms with Crippen LogP contribution in [0.5, 0.6) is 0 Å². The summed E-state index contributed by atoms with van der Waals surface area (Å²) in [6.45, 7) is 11.3. The molecule has 1 aromatic heterocycles. The number of hydrogen-bond acceptors (Lipinski definition) is 14. The molecule has 0 fully saturated rings. The topological polar surface area (TPSA) is 450 Å². The molecule has 30 heteroatoms. The van der Waals surface area contributed by atoms with Crippen molar-refractivity contribution in [1.29, 1.82) is 0 Å². The number of para-hydroxylation sites is 1. The highest BCUT2D eigenvalue weighted by Crippen LogP contribution is 2.25. The Kier molecular flexibility index (Phi) is 30.2. The Labute approximate surface area is 573 Å². The number of carbonyl (C=O) groups is 12. The molecular weight excluding hydrogens is 1310 g/mol. The number of aromatic amines is 1. The Morgan fingerprint density at radius 2 is 1.05 bits per heavy atom. The van der Waals surface area contributed by atoms with Crippen molar-refractivity contribution < 1.29 is 85.7 Å². The summed E-state index contributed by atoms with van der Waals surface area (Å²) in [5, 5.41) is 49.7. The molecule has 5 aromatic rings. The van der Waals surface area contributed by atoms with Gasteiger partial charge in [0.05, 0.1) is 17.9 Å². The van der Waals surface area contributed by atoms with E-state index in [4.69, 9.17) is 5.73 Å². The number of carboxylic acids is 3. The number of carbonyl (C=O) groups excluding carboxylic acids is 9. The number of carboxylic acid groups (broad SMARTS) is 3. The monoisotopic (exact) mass is 1400 g/mol. The second-order valence-corrected chi connectivity index (χ2v) is 27.7. The molecule has 28 nitrogen and oxygen atoms in total. The zero-order chi connectivity index (χ0) is 73.2. The van der Waals surface area contributed by atoms with Gasteiger partial charge in [-0.15, -0.1) is 0 Å². The lowest BCUT2D eigenvalue weighted by Crippen LogP contribution is -2.58. The lowest BCUT2D eigenvalue weighted by molar-refractivity contribution is -0.140. The molecule has 1 heterocycles. The van der Waals surface area contributed by atoms with Crippen molar-refractivity contribution in [2.45, 2.75) is 183 Å². The molecule has 0 aliphatic heterocycles. The van der Waals surface area contributed by atoms with E-state index in [-0.39, 0.29) is 53.0 Å². The van der Waals surface area contributed by atoms with Gasteiger partial charge in [0.1, 0.15) is 42.1 Å². The summed E-state index contributed by atoms with van der Waals surface area (Å²) in [5.74, 6) is -12.9. The molecule has 0 bridgehead atoms. The van der Waals surface area contributed by atoms with E-state index in [1.165, 1.54) is 36.4 Å². The lowest BCUT2D eigenvalue weighted by Gasteiger charge is -2.26. The van der Waals surface area contributed by atoms with Crippen molar-refractivity contribution in [1.82, 2.24) is 52.2 Å². The summed E-state index contributed by atoms with van der Waals surface area (Å²) in [7, 11) is -4.59. The fraction of sp³-hybridized carbons (Fsp3) is 0.449. The number of hydrogen-bond donors (Lipinski definition) is 14.